The van der Waals surface area contributed by atoms with Gasteiger partial charge in [-0.1, -0.05) is 28.1 Å². The molecule has 1 saturated heterocycles. The lowest BCUT2D eigenvalue weighted by Gasteiger charge is -2.28. The first-order chi connectivity index (χ1) is 14.5. The third kappa shape index (κ3) is 3.01. The summed E-state index contributed by atoms with van der Waals surface area (Å²) >= 11 is 3.46. The van der Waals surface area contributed by atoms with Gasteiger partial charge in [0, 0.05) is 29.1 Å². The molecule has 1 atom stereocenters. The van der Waals surface area contributed by atoms with Crippen LogP contribution in [0.3, 0.4) is 0 Å². The first-order valence-electron chi connectivity index (χ1n) is 9.85. The van der Waals surface area contributed by atoms with Crippen molar-refractivity contribution < 1.29 is 14.4 Å². The summed E-state index contributed by atoms with van der Waals surface area (Å²) in [5.74, 6) is -0.666. The molecule has 0 aliphatic carbocycles. The van der Waals surface area contributed by atoms with Crippen molar-refractivity contribution in [1.29, 1.82) is 0 Å². The summed E-state index contributed by atoms with van der Waals surface area (Å²) in [6, 6.07) is 14.1. The van der Waals surface area contributed by atoms with Crippen LogP contribution < -0.4 is 0 Å². The number of carbonyl (C=O) groups excluding carboxylic acids is 3. The summed E-state index contributed by atoms with van der Waals surface area (Å²) < 4.78 is 0.876. The Labute approximate surface area is 181 Å². The van der Waals surface area contributed by atoms with Gasteiger partial charge in [-0.05, 0) is 49.2 Å². The number of fused-ring (bicyclic) bond motifs is 2. The monoisotopic (exact) mass is 463 g/mol. The summed E-state index contributed by atoms with van der Waals surface area (Å²) in [5.41, 5.74) is 2.20. The number of pyridine rings is 1. The third-order valence-electron chi connectivity index (χ3n) is 5.84. The molecule has 1 unspecified atom stereocenters. The van der Waals surface area contributed by atoms with E-state index >= 15 is 0 Å². The molecule has 2 aliphatic heterocycles. The lowest BCUT2D eigenvalue weighted by Crippen LogP contribution is -2.45. The predicted octanol–water partition coefficient (Wildman–Crippen LogP) is 3.90. The van der Waals surface area contributed by atoms with E-state index in [4.69, 9.17) is 0 Å². The van der Waals surface area contributed by atoms with Crippen LogP contribution in [0.5, 0.6) is 0 Å². The molecule has 0 bridgehead atoms. The normalized spacial score (nSPS) is 18.4. The number of rotatable bonds is 3. The standard InChI is InChI=1S/C23H18BrN3O3/c24-14-7-8-20-19(12-14)18(9-10-25-20)21(28)26-11-3-4-15(26)13-27-22(29)16-5-1-2-6-17(16)23(27)30/h1-2,5-10,12,15H,3-4,11,13H2. The lowest BCUT2D eigenvalue weighted by molar-refractivity contribution is 0.0563. The third-order valence-corrected chi connectivity index (χ3v) is 6.34. The number of imide groups is 1. The van der Waals surface area contributed by atoms with Gasteiger partial charge in [0.25, 0.3) is 17.7 Å². The maximum Gasteiger partial charge on any atom is 0.261 e. The lowest BCUT2D eigenvalue weighted by atomic mass is 10.1. The van der Waals surface area contributed by atoms with Gasteiger partial charge in [0.1, 0.15) is 0 Å². The fourth-order valence-electron chi connectivity index (χ4n) is 4.37. The molecule has 1 aromatic heterocycles. The molecule has 3 heterocycles. The molecule has 7 heteroatoms. The maximum absolute atomic E-state index is 13.4. The van der Waals surface area contributed by atoms with Crippen molar-refractivity contribution in [3.63, 3.8) is 0 Å². The fourth-order valence-corrected chi connectivity index (χ4v) is 4.73. The topological polar surface area (TPSA) is 70.6 Å². The van der Waals surface area contributed by atoms with Crippen LogP contribution in [0.2, 0.25) is 0 Å². The van der Waals surface area contributed by atoms with E-state index in [1.807, 2.05) is 18.2 Å². The molecular weight excluding hydrogens is 446 g/mol. The van der Waals surface area contributed by atoms with Crippen LogP contribution in [0.4, 0.5) is 0 Å². The van der Waals surface area contributed by atoms with Crippen molar-refractivity contribution in [3.8, 4) is 0 Å². The number of amides is 3. The van der Waals surface area contributed by atoms with Crippen LogP contribution in [-0.4, -0.2) is 51.6 Å². The van der Waals surface area contributed by atoms with Crippen molar-refractivity contribution >= 4 is 44.6 Å². The van der Waals surface area contributed by atoms with Gasteiger partial charge in [-0.25, -0.2) is 0 Å². The quantitative estimate of drug-likeness (QED) is 0.552. The van der Waals surface area contributed by atoms with Crippen molar-refractivity contribution in [3.05, 3.63) is 75.9 Å². The summed E-state index contributed by atoms with van der Waals surface area (Å²) in [5, 5.41) is 0.781. The zero-order valence-electron chi connectivity index (χ0n) is 16.0. The van der Waals surface area contributed by atoms with Crippen LogP contribution in [-0.2, 0) is 0 Å². The summed E-state index contributed by atoms with van der Waals surface area (Å²) in [6.45, 7) is 0.815. The molecule has 3 amide bonds. The van der Waals surface area contributed by atoms with Gasteiger partial charge in [-0.3, -0.25) is 24.3 Å². The van der Waals surface area contributed by atoms with E-state index in [2.05, 4.69) is 20.9 Å². The molecule has 2 aromatic carbocycles. The highest BCUT2D eigenvalue weighted by Crippen LogP contribution is 2.29. The molecule has 3 aromatic rings. The van der Waals surface area contributed by atoms with Crippen molar-refractivity contribution in [2.75, 3.05) is 13.1 Å². The average Bonchev–Trinajstić information content (AvgIpc) is 3.32. The number of hydrogen-bond acceptors (Lipinski definition) is 4. The van der Waals surface area contributed by atoms with Crippen LogP contribution in [0.15, 0.2) is 59.2 Å². The smallest absolute Gasteiger partial charge is 0.261 e. The zero-order valence-corrected chi connectivity index (χ0v) is 17.6. The Bertz CT molecular complexity index is 1170. The summed E-state index contributed by atoms with van der Waals surface area (Å²) in [7, 11) is 0. The number of likely N-dealkylation sites (tertiary alicyclic amines) is 1. The Hall–Kier alpha value is -3.06. The average molecular weight is 464 g/mol. The van der Waals surface area contributed by atoms with Crippen molar-refractivity contribution in [1.82, 2.24) is 14.8 Å². The van der Waals surface area contributed by atoms with E-state index in [0.29, 0.717) is 23.2 Å². The minimum Gasteiger partial charge on any atom is -0.334 e. The molecule has 0 spiro atoms. The molecule has 1 fully saturated rings. The minimum atomic E-state index is -0.284. The molecule has 0 saturated carbocycles. The van der Waals surface area contributed by atoms with E-state index < -0.39 is 0 Å². The molecule has 6 nitrogen and oxygen atoms in total. The van der Waals surface area contributed by atoms with Crippen molar-refractivity contribution in [2.24, 2.45) is 0 Å². The summed E-state index contributed by atoms with van der Waals surface area (Å²) in [4.78, 5) is 46.3. The number of carbonyl (C=O) groups is 3. The number of halogens is 1. The van der Waals surface area contributed by atoms with Crippen LogP contribution in [0.25, 0.3) is 10.9 Å². The summed E-state index contributed by atoms with van der Waals surface area (Å²) in [6.07, 6.45) is 3.23. The van der Waals surface area contributed by atoms with E-state index in [1.54, 1.807) is 41.4 Å². The predicted molar refractivity (Wildman–Crippen MR) is 115 cm³/mol. The molecule has 5 rings (SSSR count). The van der Waals surface area contributed by atoms with E-state index in [1.165, 1.54) is 4.90 Å². The van der Waals surface area contributed by atoms with Gasteiger partial charge >= 0.3 is 0 Å². The van der Waals surface area contributed by atoms with Gasteiger partial charge in [0.15, 0.2) is 0 Å². The van der Waals surface area contributed by atoms with Crippen LogP contribution >= 0.6 is 15.9 Å². The SMILES string of the molecule is O=C1c2ccccc2C(=O)N1CC1CCCN1C(=O)c1ccnc2ccc(Br)cc12. The van der Waals surface area contributed by atoms with E-state index in [9.17, 15) is 14.4 Å². The van der Waals surface area contributed by atoms with E-state index in [-0.39, 0.29) is 30.3 Å². The number of aromatic nitrogens is 1. The van der Waals surface area contributed by atoms with Gasteiger partial charge in [-0.2, -0.15) is 0 Å². The first-order valence-corrected chi connectivity index (χ1v) is 10.6. The Morgan fingerprint density at radius 1 is 1.07 bits per heavy atom. The molecule has 0 radical (unpaired) electrons. The number of nitrogens with zero attached hydrogens (tertiary/aromatic N) is 3. The Morgan fingerprint density at radius 2 is 1.80 bits per heavy atom. The Kier molecular flexibility index (Phi) is 4.62. The second kappa shape index (κ2) is 7.32. The second-order valence-electron chi connectivity index (χ2n) is 7.58. The number of benzene rings is 2. The fraction of sp³-hybridized carbons (Fsp3) is 0.217. The Morgan fingerprint density at radius 3 is 2.53 bits per heavy atom. The van der Waals surface area contributed by atoms with Gasteiger partial charge in [0.2, 0.25) is 0 Å². The highest BCUT2D eigenvalue weighted by Gasteiger charge is 2.39. The molecule has 2 aliphatic rings. The van der Waals surface area contributed by atoms with Crippen LogP contribution in [0, 0.1) is 0 Å². The minimum absolute atomic E-state index is 0.0976. The molecule has 150 valence electrons. The van der Waals surface area contributed by atoms with Gasteiger partial charge < -0.3 is 4.90 Å². The van der Waals surface area contributed by atoms with E-state index in [0.717, 1.165) is 28.2 Å². The second-order valence-corrected chi connectivity index (χ2v) is 8.50. The largest absolute Gasteiger partial charge is 0.334 e. The first kappa shape index (κ1) is 18.9. The number of hydrogen-bond donors (Lipinski definition) is 0. The molecular formula is C23H18BrN3O3. The zero-order chi connectivity index (χ0) is 20.8. The molecule has 30 heavy (non-hydrogen) atoms. The Balaban J connectivity index is 1.43. The van der Waals surface area contributed by atoms with Gasteiger partial charge in [-0.15, -0.1) is 0 Å². The van der Waals surface area contributed by atoms with Gasteiger partial charge in [0.05, 0.1) is 28.2 Å². The maximum atomic E-state index is 13.4. The highest BCUT2D eigenvalue weighted by atomic mass is 79.9. The van der Waals surface area contributed by atoms with Crippen molar-refractivity contribution in [2.45, 2.75) is 18.9 Å². The molecule has 0 N–H and O–H groups in total. The highest BCUT2D eigenvalue weighted by molar-refractivity contribution is 9.10. The van der Waals surface area contributed by atoms with Crippen LogP contribution in [0.1, 0.15) is 43.9 Å².